The molecule has 0 saturated carbocycles. The molecule has 116 valence electrons. The number of hydrogen-bond donors (Lipinski definition) is 1. The van der Waals surface area contributed by atoms with Crippen molar-refractivity contribution in [1.29, 1.82) is 0 Å². The first-order valence-corrected chi connectivity index (χ1v) is 7.81. The van der Waals surface area contributed by atoms with E-state index in [-0.39, 0.29) is 11.9 Å². The predicted molar refractivity (Wildman–Crippen MR) is 84.6 cm³/mol. The molecule has 0 aromatic heterocycles. The monoisotopic (exact) mass is 290 g/mol. The number of rotatable bonds is 4. The molecule has 1 aliphatic rings. The van der Waals surface area contributed by atoms with Crippen molar-refractivity contribution < 1.29 is 9.53 Å². The SMILES string of the molecule is CCOc1cc(C(=O)N2CCC(C)CC2CN)ccc1C. The van der Waals surface area contributed by atoms with Crippen LogP contribution in [-0.4, -0.2) is 36.5 Å². The fourth-order valence-corrected chi connectivity index (χ4v) is 2.95. The quantitative estimate of drug-likeness (QED) is 0.927. The van der Waals surface area contributed by atoms with Crippen molar-refractivity contribution in [3.8, 4) is 5.75 Å². The average molecular weight is 290 g/mol. The van der Waals surface area contributed by atoms with Crippen LogP contribution in [0.15, 0.2) is 18.2 Å². The van der Waals surface area contributed by atoms with Crippen molar-refractivity contribution in [3.63, 3.8) is 0 Å². The summed E-state index contributed by atoms with van der Waals surface area (Å²) in [6, 6.07) is 5.83. The van der Waals surface area contributed by atoms with E-state index in [1.54, 1.807) is 0 Å². The lowest BCUT2D eigenvalue weighted by Gasteiger charge is -2.38. The molecule has 21 heavy (non-hydrogen) atoms. The van der Waals surface area contributed by atoms with Crippen LogP contribution in [0.3, 0.4) is 0 Å². The Morgan fingerprint density at radius 2 is 2.24 bits per heavy atom. The summed E-state index contributed by atoms with van der Waals surface area (Å²) >= 11 is 0. The molecule has 1 heterocycles. The van der Waals surface area contributed by atoms with E-state index in [9.17, 15) is 4.79 Å². The molecular formula is C17H26N2O2. The molecule has 0 radical (unpaired) electrons. The van der Waals surface area contributed by atoms with Gasteiger partial charge in [-0.25, -0.2) is 0 Å². The summed E-state index contributed by atoms with van der Waals surface area (Å²) in [6.45, 7) is 8.09. The number of ether oxygens (including phenoxy) is 1. The Morgan fingerprint density at radius 3 is 2.90 bits per heavy atom. The number of nitrogens with two attached hydrogens (primary N) is 1. The normalized spacial score (nSPS) is 22.2. The third kappa shape index (κ3) is 3.56. The van der Waals surface area contributed by atoms with Gasteiger partial charge in [-0.15, -0.1) is 0 Å². The zero-order chi connectivity index (χ0) is 15.4. The summed E-state index contributed by atoms with van der Waals surface area (Å²) < 4.78 is 5.59. The maximum absolute atomic E-state index is 12.8. The first-order chi connectivity index (χ1) is 10.1. The van der Waals surface area contributed by atoms with Crippen molar-refractivity contribution >= 4 is 5.91 Å². The van der Waals surface area contributed by atoms with Crippen LogP contribution in [0, 0.1) is 12.8 Å². The number of carbonyl (C=O) groups is 1. The molecule has 1 amide bonds. The highest BCUT2D eigenvalue weighted by Crippen LogP contribution is 2.26. The number of nitrogens with zero attached hydrogens (tertiary/aromatic N) is 1. The van der Waals surface area contributed by atoms with Gasteiger partial charge in [0.05, 0.1) is 6.61 Å². The van der Waals surface area contributed by atoms with E-state index in [0.717, 1.165) is 30.7 Å². The molecule has 2 atom stereocenters. The Balaban J connectivity index is 2.20. The maximum Gasteiger partial charge on any atom is 0.254 e. The predicted octanol–water partition coefficient (Wildman–Crippen LogP) is 2.59. The van der Waals surface area contributed by atoms with Gasteiger partial charge in [0, 0.05) is 24.7 Å². The van der Waals surface area contributed by atoms with Crippen LogP contribution in [0.5, 0.6) is 5.75 Å². The summed E-state index contributed by atoms with van der Waals surface area (Å²) in [6.07, 6.45) is 2.04. The van der Waals surface area contributed by atoms with E-state index in [1.165, 1.54) is 0 Å². The number of amides is 1. The average Bonchev–Trinajstić information content (AvgIpc) is 2.49. The lowest BCUT2D eigenvalue weighted by atomic mass is 9.92. The van der Waals surface area contributed by atoms with Crippen LogP contribution in [0.25, 0.3) is 0 Å². The highest BCUT2D eigenvalue weighted by molar-refractivity contribution is 5.95. The smallest absolute Gasteiger partial charge is 0.254 e. The molecule has 0 aliphatic carbocycles. The van der Waals surface area contributed by atoms with Crippen LogP contribution in [-0.2, 0) is 0 Å². The Bertz CT molecular complexity index is 502. The second kappa shape index (κ2) is 6.94. The summed E-state index contributed by atoms with van der Waals surface area (Å²) in [5, 5.41) is 0. The third-order valence-corrected chi connectivity index (χ3v) is 4.25. The summed E-state index contributed by atoms with van der Waals surface area (Å²) in [5.41, 5.74) is 7.60. The lowest BCUT2D eigenvalue weighted by Crippen LogP contribution is -2.49. The van der Waals surface area contributed by atoms with Gasteiger partial charge in [0.2, 0.25) is 0 Å². The lowest BCUT2D eigenvalue weighted by molar-refractivity contribution is 0.0573. The number of piperidine rings is 1. The Morgan fingerprint density at radius 1 is 1.48 bits per heavy atom. The molecule has 4 heteroatoms. The van der Waals surface area contributed by atoms with E-state index in [1.807, 2.05) is 36.9 Å². The molecular weight excluding hydrogens is 264 g/mol. The number of likely N-dealkylation sites (tertiary alicyclic amines) is 1. The molecule has 2 rings (SSSR count). The van der Waals surface area contributed by atoms with Crippen LogP contribution >= 0.6 is 0 Å². The van der Waals surface area contributed by atoms with E-state index in [4.69, 9.17) is 10.5 Å². The summed E-state index contributed by atoms with van der Waals surface area (Å²) in [4.78, 5) is 14.7. The van der Waals surface area contributed by atoms with Gasteiger partial charge in [-0.3, -0.25) is 4.79 Å². The van der Waals surface area contributed by atoms with Crippen LogP contribution in [0.4, 0.5) is 0 Å². The van der Waals surface area contributed by atoms with Crippen molar-refractivity contribution in [1.82, 2.24) is 4.90 Å². The van der Waals surface area contributed by atoms with Gasteiger partial charge >= 0.3 is 0 Å². The van der Waals surface area contributed by atoms with Gasteiger partial charge in [0.1, 0.15) is 5.75 Å². The molecule has 2 unspecified atom stereocenters. The molecule has 1 saturated heterocycles. The number of carbonyl (C=O) groups excluding carboxylic acids is 1. The van der Waals surface area contributed by atoms with Crippen molar-refractivity contribution in [2.24, 2.45) is 11.7 Å². The maximum atomic E-state index is 12.8. The fourth-order valence-electron chi connectivity index (χ4n) is 2.95. The molecule has 2 N–H and O–H groups in total. The van der Waals surface area contributed by atoms with Crippen molar-refractivity contribution in [2.75, 3.05) is 19.7 Å². The highest BCUT2D eigenvalue weighted by atomic mass is 16.5. The van der Waals surface area contributed by atoms with Crippen LogP contribution in [0.2, 0.25) is 0 Å². The number of hydrogen-bond acceptors (Lipinski definition) is 3. The van der Waals surface area contributed by atoms with E-state index < -0.39 is 0 Å². The standard InChI is InChI=1S/C17H26N2O2/c1-4-21-16-10-14(6-5-13(16)3)17(20)19-8-7-12(2)9-15(19)11-18/h5-6,10,12,15H,4,7-9,11,18H2,1-3H3. The first-order valence-electron chi connectivity index (χ1n) is 7.81. The van der Waals surface area contributed by atoms with Gasteiger partial charge in [0.25, 0.3) is 5.91 Å². The number of benzene rings is 1. The largest absolute Gasteiger partial charge is 0.494 e. The van der Waals surface area contributed by atoms with E-state index >= 15 is 0 Å². The Labute approximate surface area is 127 Å². The second-order valence-corrected chi connectivity index (χ2v) is 5.93. The van der Waals surface area contributed by atoms with Crippen molar-refractivity contribution in [2.45, 2.75) is 39.7 Å². The molecule has 1 fully saturated rings. The minimum atomic E-state index is 0.0679. The Hall–Kier alpha value is -1.55. The van der Waals surface area contributed by atoms with Gasteiger partial charge < -0.3 is 15.4 Å². The topological polar surface area (TPSA) is 55.6 Å². The molecule has 1 aliphatic heterocycles. The zero-order valence-corrected chi connectivity index (χ0v) is 13.3. The minimum Gasteiger partial charge on any atom is -0.494 e. The van der Waals surface area contributed by atoms with E-state index in [0.29, 0.717) is 24.6 Å². The van der Waals surface area contributed by atoms with Crippen LogP contribution < -0.4 is 10.5 Å². The van der Waals surface area contributed by atoms with Gasteiger partial charge in [-0.2, -0.15) is 0 Å². The second-order valence-electron chi connectivity index (χ2n) is 5.93. The van der Waals surface area contributed by atoms with Gasteiger partial charge in [-0.1, -0.05) is 13.0 Å². The van der Waals surface area contributed by atoms with Crippen molar-refractivity contribution in [3.05, 3.63) is 29.3 Å². The zero-order valence-electron chi connectivity index (χ0n) is 13.3. The molecule has 1 aromatic rings. The Kier molecular flexibility index (Phi) is 5.23. The van der Waals surface area contributed by atoms with Gasteiger partial charge in [0.15, 0.2) is 0 Å². The first kappa shape index (κ1) is 15.8. The van der Waals surface area contributed by atoms with Crippen LogP contribution in [0.1, 0.15) is 42.6 Å². The van der Waals surface area contributed by atoms with E-state index in [2.05, 4.69) is 6.92 Å². The minimum absolute atomic E-state index is 0.0679. The summed E-state index contributed by atoms with van der Waals surface area (Å²) in [5.74, 6) is 1.50. The molecule has 0 spiro atoms. The summed E-state index contributed by atoms with van der Waals surface area (Å²) in [7, 11) is 0. The number of aryl methyl sites for hydroxylation is 1. The highest BCUT2D eigenvalue weighted by Gasteiger charge is 2.29. The molecule has 1 aromatic carbocycles. The molecule has 4 nitrogen and oxygen atoms in total. The third-order valence-electron chi connectivity index (χ3n) is 4.25. The molecule has 0 bridgehead atoms. The van der Waals surface area contributed by atoms with Gasteiger partial charge in [-0.05, 0) is 50.3 Å². The fraction of sp³-hybridized carbons (Fsp3) is 0.588.